The summed E-state index contributed by atoms with van der Waals surface area (Å²) in [6, 6.07) is 6.10. The minimum atomic E-state index is 0.644. The molecule has 0 spiro atoms. The second-order valence-corrected chi connectivity index (χ2v) is 6.48. The van der Waals surface area contributed by atoms with Crippen molar-refractivity contribution < 1.29 is 9.15 Å². The Morgan fingerprint density at radius 1 is 1.04 bits per heavy atom. The van der Waals surface area contributed by atoms with Crippen LogP contribution in [0.15, 0.2) is 22.6 Å². The summed E-state index contributed by atoms with van der Waals surface area (Å²) in [6.45, 7) is 9.70. The van der Waals surface area contributed by atoms with Crippen LogP contribution in [0.3, 0.4) is 0 Å². The van der Waals surface area contributed by atoms with E-state index in [0.717, 1.165) is 45.5 Å². The van der Waals surface area contributed by atoms with Gasteiger partial charge in [-0.2, -0.15) is 14.7 Å². The molecule has 3 heterocycles. The van der Waals surface area contributed by atoms with E-state index in [0.29, 0.717) is 11.5 Å². The number of methoxy groups -OCH3 is 1. The molecule has 4 rings (SSSR count). The zero-order valence-corrected chi connectivity index (χ0v) is 15.8. The van der Waals surface area contributed by atoms with Crippen LogP contribution in [-0.4, -0.2) is 31.5 Å². The number of aryl methyl sites for hydroxylation is 5. The van der Waals surface area contributed by atoms with Crippen molar-refractivity contribution in [1.29, 1.82) is 0 Å². The van der Waals surface area contributed by atoms with E-state index in [-0.39, 0.29) is 0 Å². The van der Waals surface area contributed by atoms with Crippen LogP contribution in [0.2, 0.25) is 0 Å². The maximum absolute atomic E-state index is 6.11. The van der Waals surface area contributed by atoms with Crippen LogP contribution in [0, 0.1) is 34.6 Å². The van der Waals surface area contributed by atoms with Crippen LogP contribution < -0.4 is 4.74 Å². The smallest absolute Gasteiger partial charge is 0.249 e. The van der Waals surface area contributed by atoms with Crippen LogP contribution in [-0.2, 0) is 0 Å². The van der Waals surface area contributed by atoms with E-state index in [4.69, 9.17) is 14.3 Å². The van der Waals surface area contributed by atoms with Gasteiger partial charge in [0.1, 0.15) is 28.9 Å². The summed E-state index contributed by atoms with van der Waals surface area (Å²) in [5.74, 6) is 3.07. The van der Waals surface area contributed by atoms with Gasteiger partial charge in [-0.25, -0.2) is 9.67 Å². The number of rotatable bonds is 3. The van der Waals surface area contributed by atoms with Gasteiger partial charge in [-0.05, 0) is 52.3 Å². The third kappa shape index (κ3) is 2.31. The number of oxazole rings is 1. The summed E-state index contributed by atoms with van der Waals surface area (Å²) in [6.07, 6.45) is 0. The molecule has 0 bridgehead atoms. The number of hydrogen-bond acceptors (Lipinski definition) is 5. The van der Waals surface area contributed by atoms with E-state index in [1.54, 1.807) is 11.8 Å². The van der Waals surface area contributed by atoms with Crippen molar-refractivity contribution in [3.8, 4) is 22.7 Å². The van der Waals surface area contributed by atoms with Crippen molar-refractivity contribution in [1.82, 2.24) is 24.4 Å². The first-order valence-corrected chi connectivity index (χ1v) is 8.45. The van der Waals surface area contributed by atoms with E-state index in [1.807, 2.05) is 51.3 Å². The molecule has 0 aliphatic rings. The fourth-order valence-corrected chi connectivity index (χ4v) is 3.36. The quantitative estimate of drug-likeness (QED) is 0.562. The first-order valence-electron chi connectivity index (χ1n) is 8.45. The zero-order valence-electron chi connectivity index (χ0n) is 15.8. The highest BCUT2D eigenvalue weighted by Gasteiger charge is 2.24. The predicted molar refractivity (Wildman–Crippen MR) is 98.0 cm³/mol. The number of fused-ring (bicyclic) bond motifs is 1. The van der Waals surface area contributed by atoms with Crippen molar-refractivity contribution in [3.05, 3.63) is 46.9 Å². The molecule has 134 valence electrons. The molecular weight excluding hydrogens is 330 g/mol. The van der Waals surface area contributed by atoms with Gasteiger partial charge in [-0.15, -0.1) is 0 Å². The molecule has 0 fully saturated rings. The monoisotopic (exact) mass is 351 g/mol. The summed E-state index contributed by atoms with van der Waals surface area (Å²) in [7, 11) is 1.67. The van der Waals surface area contributed by atoms with Gasteiger partial charge in [0, 0.05) is 5.56 Å². The molecule has 26 heavy (non-hydrogen) atoms. The number of ether oxygens (including phenoxy) is 1. The van der Waals surface area contributed by atoms with Crippen molar-refractivity contribution in [2.24, 2.45) is 0 Å². The Hall–Kier alpha value is -3.09. The number of nitrogens with zero attached hydrogens (tertiary/aromatic N) is 5. The molecule has 7 heteroatoms. The minimum Gasteiger partial charge on any atom is -0.496 e. The lowest BCUT2D eigenvalue weighted by atomic mass is 10.1. The third-order valence-electron chi connectivity index (χ3n) is 4.48. The second-order valence-electron chi connectivity index (χ2n) is 6.48. The van der Waals surface area contributed by atoms with Crippen LogP contribution in [0.25, 0.3) is 22.7 Å². The summed E-state index contributed by atoms with van der Waals surface area (Å²) >= 11 is 0. The zero-order chi connectivity index (χ0) is 18.6. The number of aromatic nitrogens is 5. The lowest BCUT2D eigenvalue weighted by molar-refractivity contribution is 0.416. The molecule has 0 unspecified atom stereocenters. The SMILES string of the molecule is COc1cc(C)ccc1-c1c(C)oc2c(-n3nc(C)nc3C)c(C)nn12. The van der Waals surface area contributed by atoms with Gasteiger partial charge in [0.25, 0.3) is 0 Å². The number of hydrogen-bond donors (Lipinski definition) is 0. The molecular formula is C19H21N5O2. The van der Waals surface area contributed by atoms with Crippen LogP contribution in [0.4, 0.5) is 0 Å². The van der Waals surface area contributed by atoms with Crippen molar-refractivity contribution in [2.75, 3.05) is 7.11 Å². The highest BCUT2D eigenvalue weighted by molar-refractivity contribution is 5.74. The van der Waals surface area contributed by atoms with E-state index in [1.165, 1.54) is 0 Å². The molecule has 7 nitrogen and oxygen atoms in total. The Morgan fingerprint density at radius 3 is 2.46 bits per heavy atom. The van der Waals surface area contributed by atoms with Crippen molar-refractivity contribution in [3.63, 3.8) is 0 Å². The molecule has 0 saturated heterocycles. The van der Waals surface area contributed by atoms with E-state index in [9.17, 15) is 0 Å². The maximum atomic E-state index is 6.11. The summed E-state index contributed by atoms with van der Waals surface area (Å²) in [5, 5.41) is 9.20. The standard InChI is InChI=1S/C19H21N5O2/c1-10-7-8-15(16(9-10)25-6)18-12(3)26-19-17(11(2)21-24(18)19)23-14(5)20-13(4)22-23/h7-9H,1-6H3. The van der Waals surface area contributed by atoms with Crippen LogP contribution in [0.5, 0.6) is 5.75 Å². The van der Waals surface area contributed by atoms with Gasteiger partial charge < -0.3 is 9.15 Å². The molecule has 3 aromatic heterocycles. The summed E-state index contributed by atoms with van der Waals surface area (Å²) in [5.41, 5.74) is 5.22. The second kappa shape index (κ2) is 5.72. The Bertz CT molecular complexity index is 1130. The van der Waals surface area contributed by atoms with Gasteiger partial charge >= 0.3 is 0 Å². The Kier molecular flexibility index (Phi) is 3.61. The Balaban J connectivity index is 2.01. The fourth-order valence-electron chi connectivity index (χ4n) is 3.36. The largest absolute Gasteiger partial charge is 0.496 e. The van der Waals surface area contributed by atoms with E-state index < -0.39 is 0 Å². The van der Waals surface area contributed by atoms with Gasteiger partial charge in [0.15, 0.2) is 5.69 Å². The van der Waals surface area contributed by atoms with Gasteiger partial charge in [-0.1, -0.05) is 6.07 Å². The normalized spacial score (nSPS) is 11.5. The van der Waals surface area contributed by atoms with Gasteiger partial charge in [0.05, 0.1) is 12.8 Å². The minimum absolute atomic E-state index is 0.644. The van der Waals surface area contributed by atoms with Gasteiger partial charge in [-0.3, -0.25) is 0 Å². The number of benzene rings is 1. The van der Waals surface area contributed by atoms with Crippen LogP contribution >= 0.6 is 0 Å². The molecule has 0 amide bonds. The Morgan fingerprint density at radius 2 is 1.81 bits per heavy atom. The summed E-state index contributed by atoms with van der Waals surface area (Å²) < 4.78 is 15.3. The predicted octanol–water partition coefficient (Wildman–Crippen LogP) is 3.73. The molecule has 0 aliphatic carbocycles. The third-order valence-corrected chi connectivity index (χ3v) is 4.48. The Labute approximate surface area is 151 Å². The maximum Gasteiger partial charge on any atom is 0.249 e. The highest BCUT2D eigenvalue weighted by atomic mass is 16.5. The van der Waals surface area contributed by atoms with E-state index in [2.05, 4.69) is 16.1 Å². The average Bonchev–Trinajstić information content (AvgIpc) is 3.18. The van der Waals surface area contributed by atoms with Crippen LogP contribution in [0.1, 0.15) is 28.7 Å². The topological polar surface area (TPSA) is 70.4 Å². The molecule has 1 aromatic carbocycles. The molecule has 0 aliphatic heterocycles. The summed E-state index contributed by atoms with van der Waals surface area (Å²) in [4.78, 5) is 4.39. The van der Waals surface area contributed by atoms with Crippen molar-refractivity contribution in [2.45, 2.75) is 34.6 Å². The lowest BCUT2D eigenvalue weighted by Crippen LogP contribution is -2.00. The first-order chi connectivity index (χ1) is 12.4. The molecule has 0 N–H and O–H groups in total. The van der Waals surface area contributed by atoms with Crippen molar-refractivity contribution >= 4 is 5.71 Å². The molecule has 0 radical (unpaired) electrons. The molecule has 4 aromatic rings. The molecule has 0 saturated carbocycles. The molecule has 0 atom stereocenters. The van der Waals surface area contributed by atoms with E-state index >= 15 is 0 Å². The first kappa shape index (κ1) is 16.4. The highest BCUT2D eigenvalue weighted by Crippen LogP contribution is 2.36. The van der Waals surface area contributed by atoms with Gasteiger partial charge in [0.2, 0.25) is 5.71 Å². The fraction of sp³-hybridized carbons (Fsp3) is 0.316. The lowest BCUT2D eigenvalue weighted by Gasteiger charge is -2.08. The average molecular weight is 351 g/mol.